The number of rotatable bonds is 3. The number of ether oxygens (including phenoxy) is 2. The van der Waals surface area contributed by atoms with Gasteiger partial charge in [0.05, 0.1) is 17.3 Å². The van der Waals surface area contributed by atoms with Crippen molar-refractivity contribution in [3.63, 3.8) is 0 Å². The second-order valence-electron chi connectivity index (χ2n) is 5.75. The number of cyclic esters (lactones) is 1. The van der Waals surface area contributed by atoms with E-state index in [2.05, 4.69) is 4.74 Å². The Kier molecular flexibility index (Phi) is 4.92. The van der Waals surface area contributed by atoms with E-state index in [1.54, 1.807) is 6.92 Å². The van der Waals surface area contributed by atoms with E-state index in [1.165, 1.54) is 0 Å². The lowest BCUT2D eigenvalue weighted by Crippen LogP contribution is -2.31. The van der Waals surface area contributed by atoms with Gasteiger partial charge in [-0.3, -0.25) is 4.90 Å². The van der Waals surface area contributed by atoms with E-state index >= 15 is 0 Å². The molecule has 0 spiro atoms. The Bertz CT molecular complexity index is 967. The molecule has 148 valence electrons. The molecule has 0 aromatic heterocycles. The molecule has 1 saturated heterocycles. The van der Waals surface area contributed by atoms with Crippen LogP contribution in [-0.4, -0.2) is 24.7 Å². The highest BCUT2D eigenvalue weighted by molar-refractivity contribution is 5.94. The van der Waals surface area contributed by atoms with Crippen molar-refractivity contribution >= 4 is 17.7 Å². The van der Waals surface area contributed by atoms with Gasteiger partial charge in [0.25, 0.3) is 0 Å². The molecule has 0 radical (unpaired) electrons. The molecule has 1 aliphatic rings. The fraction of sp³-hybridized carbons (Fsp3) is 0.176. The van der Waals surface area contributed by atoms with Crippen LogP contribution >= 0.6 is 0 Å². The Morgan fingerprint density at radius 2 is 1.61 bits per heavy atom. The summed E-state index contributed by atoms with van der Waals surface area (Å²) in [6, 6.07) is 2.30. The number of amides is 1. The van der Waals surface area contributed by atoms with Crippen molar-refractivity contribution in [2.75, 3.05) is 11.5 Å². The molecule has 1 heterocycles. The van der Waals surface area contributed by atoms with Gasteiger partial charge in [0, 0.05) is 0 Å². The van der Waals surface area contributed by atoms with Crippen molar-refractivity contribution < 1.29 is 45.4 Å². The van der Waals surface area contributed by atoms with Crippen molar-refractivity contribution in [2.45, 2.75) is 13.0 Å². The number of esters is 1. The van der Waals surface area contributed by atoms with Gasteiger partial charge in [-0.25, -0.2) is 27.2 Å². The summed E-state index contributed by atoms with van der Waals surface area (Å²) in [7, 11) is 0. The molecule has 0 bridgehead atoms. The number of hydrogen-bond acceptors (Lipinski definition) is 4. The minimum absolute atomic E-state index is 0.0280. The normalized spacial score (nSPS) is 16.3. The summed E-state index contributed by atoms with van der Waals surface area (Å²) in [6.45, 7) is 1.68. The van der Waals surface area contributed by atoms with Crippen molar-refractivity contribution in [1.29, 1.82) is 0 Å². The van der Waals surface area contributed by atoms with Gasteiger partial charge in [-0.15, -0.1) is 0 Å². The lowest BCUT2D eigenvalue weighted by molar-refractivity contribution is 0.0711. The quantitative estimate of drug-likeness (QED) is 0.254. The molecule has 0 N–H and O–H groups in total. The largest absolute Gasteiger partial charge is 0.447 e. The van der Waals surface area contributed by atoms with E-state index in [4.69, 9.17) is 4.74 Å². The van der Waals surface area contributed by atoms with Crippen LogP contribution in [0.2, 0.25) is 0 Å². The fourth-order valence-corrected chi connectivity index (χ4v) is 2.52. The van der Waals surface area contributed by atoms with E-state index in [0.717, 1.165) is 23.1 Å². The maximum absolute atomic E-state index is 14.3. The number of hydrogen-bond donors (Lipinski definition) is 0. The molecule has 1 atom stereocenters. The third kappa shape index (κ3) is 3.12. The summed E-state index contributed by atoms with van der Waals surface area (Å²) in [5.74, 6) is -16.6. The summed E-state index contributed by atoms with van der Waals surface area (Å²) in [5, 5.41) is 0. The highest BCUT2D eigenvalue weighted by atomic mass is 19.2. The van der Waals surface area contributed by atoms with Gasteiger partial charge < -0.3 is 9.47 Å². The molecule has 1 unspecified atom stereocenters. The minimum Gasteiger partial charge on any atom is -0.447 e. The first-order valence-electron chi connectivity index (χ1n) is 7.62. The Morgan fingerprint density at radius 1 is 1.04 bits per heavy atom. The first kappa shape index (κ1) is 19.5. The average Bonchev–Trinajstić information content (AvgIpc) is 3.00. The lowest BCUT2D eigenvalue weighted by Gasteiger charge is -2.18. The van der Waals surface area contributed by atoms with E-state index in [1.807, 2.05) is 0 Å². The highest BCUT2D eigenvalue weighted by Crippen LogP contribution is 2.31. The lowest BCUT2D eigenvalue weighted by atomic mass is 10.1. The maximum Gasteiger partial charge on any atom is 0.414 e. The molecule has 3 rings (SSSR count). The zero-order chi connectivity index (χ0) is 20.7. The molecular weight excluding hydrogens is 396 g/mol. The van der Waals surface area contributed by atoms with Crippen LogP contribution in [0.15, 0.2) is 18.2 Å². The van der Waals surface area contributed by atoms with Crippen LogP contribution in [0.4, 0.5) is 36.8 Å². The van der Waals surface area contributed by atoms with Crippen LogP contribution in [0.1, 0.15) is 17.3 Å². The summed E-state index contributed by atoms with van der Waals surface area (Å²) in [6.07, 6.45) is -0.747. The predicted octanol–water partition coefficient (Wildman–Crippen LogP) is 4.09. The van der Waals surface area contributed by atoms with E-state index in [9.17, 15) is 35.9 Å². The van der Waals surface area contributed by atoms with Crippen LogP contribution in [0.25, 0.3) is 0 Å². The second-order valence-corrected chi connectivity index (χ2v) is 5.75. The highest BCUT2D eigenvalue weighted by Gasteiger charge is 2.32. The van der Waals surface area contributed by atoms with Crippen molar-refractivity contribution in [3.05, 3.63) is 58.7 Å². The molecule has 5 nitrogen and oxygen atoms in total. The van der Waals surface area contributed by atoms with Crippen LogP contribution in [0, 0.1) is 34.9 Å². The number of halogens is 6. The minimum atomic E-state index is -2.43. The Balaban J connectivity index is 1.92. The topological polar surface area (TPSA) is 55.8 Å². The third-order valence-corrected chi connectivity index (χ3v) is 3.90. The molecule has 0 aliphatic carbocycles. The average molecular weight is 405 g/mol. The zero-order valence-corrected chi connectivity index (χ0v) is 13.9. The van der Waals surface area contributed by atoms with E-state index in [-0.39, 0.29) is 12.3 Å². The van der Waals surface area contributed by atoms with Gasteiger partial charge >= 0.3 is 12.1 Å². The van der Waals surface area contributed by atoms with E-state index in [0.29, 0.717) is 0 Å². The van der Waals surface area contributed by atoms with Crippen molar-refractivity contribution in [2.24, 2.45) is 0 Å². The predicted molar refractivity (Wildman–Crippen MR) is 80.9 cm³/mol. The molecule has 2 aromatic carbocycles. The number of carbonyl (C=O) groups is 2. The Hall–Kier alpha value is -3.24. The molecule has 11 heteroatoms. The number of carbonyl (C=O) groups excluding carboxylic acids is 2. The first-order valence-corrected chi connectivity index (χ1v) is 7.62. The standard InChI is InChI=1S/C17H9F6NO4/c1-6-5-27-17(26)24(6)7-2-3-8(9(18)4-7)16(25)28-15-13(22)11(20)10(19)12(21)14(15)23/h2-4,6H,5H2,1H3. The van der Waals surface area contributed by atoms with Gasteiger partial charge in [-0.1, -0.05) is 0 Å². The summed E-state index contributed by atoms with van der Waals surface area (Å²) >= 11 is 0. The Labute approximate surface area is 153 Å². The fourth-order valence-electron chi connectivity index (χ4n) is 2.52. The summed E-state index contributed by atoms with van der Waals surface area (Å²) < 4.78 is 89.7. The van der Waals surface area contributed by atoms with Gasteiger partial charge in [-0.2, -0.15) is 8.78 Å². The van der Waals surface area contributed by atoms with Gasteiger partial charge in [-0.05, 0) is 25.1 Å². The van der Waals surface area contributed by atoms with Crippen LogP contribution in [0.5, 0.6) is 5.75 Å². The second kappa shape index (κ2) is 7.06. The number of benzene rings is 2. The van der Waals surface area contributed by atoms with Crippen LogP contribution in [0.3, 0.4) is 0 Å². The molecule has 1 aliphatic heterocycles. The molecule has 28 heavy (non-hydrogen) atoms. The van der Waals surface area contributed by atoms with Crippen molar-refractivity contribution in [1.82, 2.24) is 0 Å². The van der Waals surface area contributed by atoms with Gasteiger partial charge in [0.1, 0.15) is 12.4 Å². The van der Waals surface area contributed by atoms with Gasteiger partial charge in [0.2, 0.25) is 34.8 Å². The molecule has 0 saturated carbocycles. The monoisotopic (exact) mass is 405 g/mol. The smallest absolute Gasteiger partial charge is 0.414 e. The molecule has 2 aromatic rings. The molecule has 1 fully saturated rings. The van der Waals surface area contributed by atoms with Crippen LogP contribution in [-0.2, 0) is 4.74 Å². The Morgan fingerprint density at radius 3 is 2.11 bits per heavy atom. The SMILES string of the molecule is CC1COC(=O)N1c1ccc(C(=O)Oc2c(F)c(F)c(F)c(F)c2F)c(F)c1. The van der Waals surface area contributed by atoms with Crippen molar-refractivity contribution in [3.8, 4) is 5.75 Å². The van der Waals surface area contributed by atoms with E-state index < -0.39 is 64.3 Å². The zero-order valence-electron chi connectivity index (χ0n) is 13.9. The summed E-state index contributed by atoms with van der Waals surface area (Å²) in [4.78, 5) is 24.7. The number of anilines is 1. The molecular formula is C17H9F6NO4. The maximum atomic E-state index is 14.3. The molecule has 1 amide bonds. The van der Waals surface area contributed by atoms with Crippen LogP contribution < -0.4 is 9.64 Å². The number of nitrogens with zero attached hydrogens (tertiary/aromatic N) is 1. The van der Waals surface area contributed by atoms with Gasteiger partial charge in [0.15, 0.2) is 0 Å². The first-order chi connectivity index (χ1) is 13.1. The third-order valence-electron chi connectivity index (χ3n) is 3.90. The summed E-state index contributed by atoms with van der Waals surface area (Å²) in [5.41, 5.74) is -0.826.